The zero-order valence-corrected chi connectivity index (χ0v) is 3.94. The molecule has 0 aliphatic rings. The van der Waals surface area contributed by atoms with Crippen LogP contribution in [0.1, 0.15) is 6.42 Å². The minimum atomic E-state index is 0.663. The van der Waals surface area contributed by atoms with E-state index < -0.39 is 0 Å². The highest BCUT2D eigenvalue weighted by atomic mass is 14.8. The summed E-state index contributed by atoms with van der Waals surface area (Å²) in [4.78, 5) is 0. The Morgan fingerprint density at radius 1 is 1.83 bits per heavy atom. The van der Waals surface area contributed by atoms with Crippen LogP contribution in [0, 0.1) is 11.3 Å². The number of nitrogens with two attached hydrogens (primary N) is 1. The average Bonchev–Trinajstić information content (AvgIpc) is 1.61. The molecule has 0 spiro atoms. The first kappa shape index (κ1) is 5.45. The average molecular weight is 85.1 g/mol. The number of hydrogen-bond donors (Lipinski definition) is 1. The Hall–Kier alpha value is -0.550. The largest absolute Gasteiger partial charge is 0.348 e. The number of nitriles is 1. The topological polar surface area (TPSA) is 40.4 Å². The second-order valence-electron chi connectivity index (χ2n) is 1.11. The Balaban J connectivity index is 2.54. The summed E-state index contributed by atoms with van der Waals surface area (Å²) in [5, 5.41) is 9.92. The lowest BCUT2D eigenvalue weighted by molar-refractivity contribution is -0.625. The van der Waals surface area contributed by atoms with E-state index >= 15 is 0 Å². The molecule has 0 saturated heterocycles. The minimum absolute atomic E-state index is 0.663. The predicted octanol–water partition coefficient (Wildman–Crippen LogP) is -0.907. The Bertz CT molecular complexity index is 53.1. The Morgan fingerprint density at radius 2 is 2.50 bits per heavy atom. The Kier molecular flexibility index (Phi) is 4.04. The van der Waals surface area contributed by atoms with Crippen molar-refractivity contribution < 1.29 is 5.32 Å². The van der Waals surface area contributed by atoms with Crippen LogP contribution in [0.25, 0.3) is 0 Å². The zero-order valence-electron chi connectivity index (χ0n) is 3.94. The van der Waals surface area contributed by atoms with Crippen molar-refractivity contribution >= 4 is 0 Å². The zero-order chi connectivity index (χ0) is 4.83. The van der Waals surface area contributed by atoms with Crippen LogP contribution in [0.2, 0.25) is 0 Å². The molecular weight excluding hydrogens is 76.1 g/mol. The van der Waals surface area contributed by atoms with Crippen molar-refractivity contribution in [3.8, 4) is 6.07 Å². The molecule has 0 aromatic carbocycles. The molecule has 0 radical (unpaired) electrons. The molecule has 0 rings (SSSR count). The van der Waals surface area contributed by atoms with E-state index in [1.165, 1.54) is 0 Å². The highest BCUT2D eigenvalue weighted by molar-refractivity contribution is 4.65. The molecular formula is C4H9N2+. The lowest BCUT2D eigenvalue weighted by Gasteiger charge is -1.79. The van der Waals surface area contributed by atoms with Crippen molar-refractivity contribution in [2.75, 3.05) is 13.6 Å². The van der Waals surface area contributed by atoms with Gasteiger partial charge in [-0.15, -0.1) is 0 Å². The maximum Gasteiger partial charge on any atom is 0.0885 e. The van der Waals surface area contributed by atoms with E-state index in [-0.39, 0.29) is 0 Å². The molecule has 0 unspecified atom stereocenters. The number of quaternary nitrogens is 1. The molecule has 2 nitrogen and oxygen atoms in total. The highest BCUT2D eigenvalue weighted by Gasteiger charge is 1.75. The Labute approximate surface area is 37.8 Å². The van der Waals surface area contributed by atoms with Gasteiger partial charge in [0.25, 0.3) is 0 Å². The molecule has 0 bridgehead atoms. The molecule has 34 valence electrons. The summed E-state index contributed by atoms with van der Waals surface area (Å²) in [7, 11) is 1.96. The third kappa shape index (κ3) is 3.45. The van der Waals surface area contributed by atoms with Gasteiger partial charge in [-0.1, -0.05) is 0 Å². The molecule has 0 fully saturated rings. The van der Waals surface area contributed by atoms with Gasteiger partial charge in [0.15, 0.2) is 0 Å². The fraction of sp³-hybridized carbons (Fsp3) is 0.750. The third-order valence-corrected chi connectivity index (χ3v) is 0.545. The van der Waals surface area contributed by atoms with Crippen LogP contribution >= 0.6 is 0 Å². The third-order valence-electron chi connectivity index (χ3n) is 0.545. The van der Waals surface area contributed by atoms with Gasteiger partial charge in [0, 0.05) is 0 Å². The van der Waals surface area contributed by atoms with E-state index in [1.54, 1.807) is 0 Å². The summed E-state index contributed by atoms with van der Waals surface area (Å²) in [6.45, 7) is 0.927. The molecule has 0 heterocycles. The van der Waals surface area contributed by atoms with E-state index in [0.717, 1.165) is 6.54 Å². The van der Waals surface area contributed by atoms with Gasteiger partial charge in [-0.3, -0.25) is 0 Å². The van der Waals surface area contributed by atoms with Crippen LogP contribution < -0.4 is 5.32 Å². The van der Waals surface area contributed by atoms with Gasteiger partial charge in [0.2, 0.25) is 0 Å². The summed E-state index contributed by atoms with van der Waals surface area (Å²) in [6.07, 6.45) is 0.663. The van der Waals surface area contributed by atoms with Gasteiger partial charge in [-0.2, -0.15) is 5.26 Å². The van der Waals surface area contributed by atoms with Gasteiger partial charge < -0.3 is 5.32 Å². The summed E-state index contributed by atoms with van der Waals surface area (Å²) in [6, 6.07) is 2.04. The van der Waals surface area contributed by atoms with Crippen LogP contribution in [0.5, 0.6) is 0 Å². The van der Waals surface area contributed by atoms with Crippen LogP contribution in [-0.4, -0.2) is 13.6 Å². The first-order chi connectivity index (χ1) is 2.91. The van der Waals surface area contributed by atoms with E-state index in [9.17, 15) is 0 Å². The quantitative estimate of drug-likeness (QED) is 0.433. The van der Waals surface area contributed by atoms with Crippen LogP contribution in [0.4, 0.5) is 0 Å². The van der Waals surface area contributed by atoms with E-state index in [2.05, 4.69) is 0 Å². The van der Waals surface area contributed by atoms with Crippen LogP contribution in [-0.2, 0) is 0 Å². The number of rotatable bonds is 2. The standard InChI is InChI=1S/C4H8N2/c1-6-4-2-3-5/h6H,2,4H2,1H3/p+1. The summed E-state index contributed by atoms with van der Waals surface area (Å²) in [5.41, 5.74) is 0. The Morgan fingerprint density at radius 3 is 2.67 bits per heavy atom. The fourth-order valence-corrected chi connectivity index (χ4v) is 0.209. The van der Waals surface area contributed by atoms with Gasteiger partial charge in [0.05, 0.1) is 26.1 Å². The summed E-state index contributed by atoms with van der Waals surface area (Å²) < 4.78 is 0. The SMILES string of the molecule is C[NH2+]CCC#N. The highest BCUT2D eigenvalue weighted by Crippen LogP contribution is 1.58. The normalized spacial score (nSPS) is 7.33. The van der Waals surface area contributed by atoms with Crippen molar-refractivity contribution in [3.63, 3.8) is 0 Å². The second kappa shape index (κ2) is 4.45. The number of hydrogen-bond acceptors (Lipinski definition) is 1. The molecule has 0 aromatic rings. The maximum atomic E-state index is 7.93. The van der Waals surface area contributed by atoms with Gasteiger partial charge >= 0.3 is 0 Å². The molecule has 0 atom stereocenters. The molecule has 2 heteroatoms. The predicted molar refractivity (Wildman–Crippen MR) is 22.9 cm³/mol. The molecule has 0 aliphatic carbocycles. The smallest absolute Gasteiger partial charge is 0.0885 e. The van der Waals surface area contributed by atoms with Gasteiger partial charge in [0.1, 0.15) is 0 Å². The molecule has 0 aromatic heterocycles. The molecule has 0 saturated carbocycles. The van der Waals surface area contributed by atoms with Crippen molar-refractivity contribution in [2.45, 2.75) is 6.42 Å². The van der Waals surface area contributed by atoms with Crippen molar-refractivity contribution in [3.05, 3.63) is 0 Å². The molecule has 0 aliphatic heterocycles. The molecule has 6 heavy (non-hydrogen) atoms. The lowest BCUT2D eigenvalue weighted by atomic mass is 10.5. The second-order valence-corrected chi connectivity index (χ2v) is 1.11. The van der Waals surface area contributed by atoms with Crippen molar-refractivity contribution in [2.24, 2.45) is 0 Å². The monoisotopic (exact) mass is 85.1 g/mol. The summed E-state index contributed by atoms with van der Waals surface area (Å²) in [5.74, 6) is 0. The van der Waals surface area contributed by atoms with Crippen LogP contribution in [0.15, 0.2) is 0 Å². The van der Waals surface area contributed by atoms with Gasteiger partial charge in [-0.05, 0) is 0 Å². The number of nitrogens with zero attached hydrogens (tertiary/aromatic N) is 1. The van der Waals surface area contributed by atoms with E-state index in [0.29, 0.717) is 6.42 Å². The van der Waals surface area contributed by atoms with E-state index in [4.69, 9.17) is 5.26 Å². The minimum Gasteiger partial charge on any atom is -0.348 e. The van der Waals surface area contributed by atoms with E-state index in [1.807, 2.05) is 18.4 Å². The first-order valence-corrected chi connectivity index (χ1v) is 2.06. The lowest BCUT2D eigenvalue weighted by Crippen LogP contribution is -2.79. The summed E-state index contributed by atoms with van der Waals surface area (Å²) >= 11 is 0. The molecule has 2 N–H and O–H groups in total. The van der Waals surface area contributed by atoms with Crippen LogP contribution in [0.3, 0.4) is 0 Å². The van der Waals surface area contributed by atoms with Gasteiger partial charge in [-0.25, -0.2) is 0 Å². The maximum absolute atomic E-state index is 7.93. The molecule has 0 amide bonds. The fourth-order valence-electron chi connectivity index (χ4n) is 0.209. The van der Waals surface area contributed by atoms with Crippen molar-refractivity contribution in [1.29, 1.82) is 5.26 Å². The van der Waals surface area contributed by atoms with Crippen molar-refractivity contribution in [1.82, 2.24) is 0 Å². The first-order valence-electron chi connectivity index (χ1n) is 2.06.